The molecule has 3 heteroatoms. The third-order valence-corrected chi connectivity index (χ3v) is 3.67. The first-order chi connectivity index (χ1) is 9.49. The van der Waals surface area contributed by atoms with Crippen LogP contribution in [0.3, 0.4) is 0 Å². The molecule has 2 nitrogen and oxygen atoms in total. The fourth-order valence-electron chi connectivity index (χ4n) is 1.75. The van der Waals surface area contributed by atoms with Gasteiger partial charge in [-0.1, -0.05) is 47.5 Å². The van der Waals surface area contributed by atoms with E-state index in [1.807, 2.05) is 6.92 Å². The molecule has 0 atom stereocenters. The van der Waals surface area contributed by atoms with Gasteiger partial charge in [-0.15, -0.1) is 6.58 Å². The van der Waals surface area contributed by atoms with Crippen molar-refractivity contribution < 1.29 is 4.74 Å². The van der Waals surface area contributed by atoms with Gasteiger partial charge in [0.2, 0.25) is 0 Å². The van der Waals surface area contributed by atoms with Crippen molar-refractivity contribution in [1.29, 1.82) is 0 Å². The van der Waals surface area contributed by atoms with E-state index in [0.717, 1.165) is 36.2 Å². The first-order valence-electron chi connectivity index (χ1n) is 7.19. The summed E-state index contributed by atoms with van der Waals surface area (Å²) in [5, 5.41) is 3.45. The molecule has 112 valence electrons. The van der Waals surface area contributed by atoms with E-state index in [2.05, 4.69) is 59.9 Å². The largest absolute Gasteiger partial charge is 0.376 e. The summed E-state index contributed by atoms with van der Waals surface area (Å²) in [4.78, 5) is 0. The van der Waals surface area contributed by atoms with Crippen molar-refractivity contribution in [3.05, 3.63) is 46.0 Å². The van der Waals surface area contributed by atoms with Crippen molar-refractivity contribution in [2.75, 3.05) is 13.2 Å². The summed E-state index contributed by atoms with van der Waals surface area (Å²) in [7, 11) is 0. The molecule has 0 spiro atoms. The topological polar surface area (TPSA) is 21.3 Å². The van der Waals surface area contributed by atoms with Gasteiger partial charge in [0.1, 0.15) is 0 Å². The second-order valence-corrected chi connectivity index (χ2v) is 6.56. The minimum atomic E-state index is 0.646. The number of hydrogen-bond acceptors (Lipinski definition) is 2. The van der Waals surface area contributed by atoms with E-state index < -0.39 is 0 Å². The number of ether oxygens (including phenoxy) is 1. The third kappa shape index (κ3) is 7.22. The van der Waals surface area contributed by atoms with Crippen LogP contribution in [0.25, 0.3) is 0 Å². The molecule has 0 heterocycles. The lowest BCUT2D eigenvalue weighted by molar-refractivity contribution is 0.123. The third-order valence-electron chi connectivity index (χ3n) is 2.93. The summed E-state index contributed by atoms with van der Waals surface area (Å²) in [6.07, 6.45) is 0.925. The van der Waals surface area contributed by atoms with Crippen LogP contribution in [-0.2, 0) is 17.9 Å². The molecule has 0 aliphatic rings. The van der Waals surface area contributed by atoms with Crippen molar-refractivity contribution in [2.45, 2.75) is 40.3 Å². The minimum absolute atomic E-state index is 0.646. The molecule has 0 aromatic heterocycles. The highest BCUT2D eigenvalue weighted by Gasteiger charge is 2.02. The molecule has 0 saturated heterocycles. The molecule has 0 radical (unpaired) electrons. The standard InChI is InChI=1S/C17H26BrNO/c1-13(2)7-8-20-12-16-6-5-15(9-17(16)18)11-19-10-14(3)4/h5-6,9,14,19H,1,7-8,10-12H2,2-4H3. The molecular weight excluding hydrogens is 314 g/mol. The average Bonchev–Trinajstić information content (AvgIpc) is 2.36. The molecule has 0 fully saturated rings. The van der Waals surface area contributed by atoms with E-state index in [9.17, 15) is 0 Å². The van der Waals surface area contributed by atoms with Gasteiger partial charge in [0, 0.05) is 11.0 Å². The Kier molecular flexibility index (Phi) is 8.12. The van der Waals surface area contributed by atoms with Gasteiger partial charge in [0.05, 0.1) is 13.2 Å². The van der Waals surface area contributed by atoms with Gasteiger partial charge in [-0.25, -0.2) is 0 Å². The highest BCUT2D eigenvalue weighted by molar-refractivity contribution is 9.10. The van der Waals surface area contributed by atoms with Crippen molar-refractivity contribution >= 4 is 15.9 Å². The predicted octanol–water partition coefficient (Wildman–Crippen LogP) is 4.68. The maximum atomic E-state index is 5.66. The Bertz CT molecular complexity index is 429. The summed E-state index contributed by atoms with van der Waals surface area (Å²) in [5.41, 5.74) is 3.65. The lowest BCUT2D eigenvalue weighted by Gasteiger charge is -2.10. The van der Waals surface area contributed by atoms with Gasteiger partial charge in [-0.3, -0.25) is 0 Å². The Labute approximate surface area is 131 Å². The van der Waals surface area contributed by atoms with E-state index in [1.165, 1.54) is 11.1 Å². The van der Waals surface area contributed by atoms with E-state index in [-0.39, 0.29) is 0 Å². The summed E-state index contributed by atoms with van der Waals surface area (Å²) in [6.45, 7) is 13.7. The van der Waals surface area contributed by atoms with Crippen LogP contribution in [0.4, 0.5) is 0 Å². The van der Waals surface area contributed by atoms with Gasteiger partial charge < -0.3 is 10.1 Å². The van der Waals surface area contributed by atoms with Crippen LogP contribution in [0.5, 0.6) is 0 Å². The summed E-state index contributed by atoms with van der Waals surface area (Å²) >= 11 is 3.62. The maximum Gasteiger partial charge on any atom is 0.0727 e. The van der Waals surface area contributed by atoms with Crippen molar-refractivity contribution in [2.24, 2.45) is 5.92 Å². The Balaban J connectivity index is 2.40. The summed E-state index contributed by atoms with van der Waals surface area (Å²) < 4.78 is 6.78. The quantitative estimate of drug-likeness (QED) is 0.521. The Hall–Kier alpha value is -0.640. The van der Waals surface area contributed by atoms with Gasteiger partial charge in [-0.2, -0.15) is 0 Å². The van der Waals surface area contributed by atoms with Gasteiger partial charge >= 0.3 is 0 Å². The van der Waals surface area contributed by atoms with E-state index in [0.29, 0.717) is 12.5 Å². The van der Waals surface area contributed by atoms with Gasteiger partial charge in [0.25, 0.3) is 0 Å². The summed E-state index contributed by atoms with van der Waals surface area (Å²) in [5.74, 6) is 0.680. The zero-order valence-corrected chi connectivity index (χ0v) is 14.4. The molecule has 0 unspecified atom stereocenters. The molecule has 20 heavy (non-hydrogen) atoms. The molecule has 1 aromatic carbocycles. The van der Waals surface area contributed by atoms with Crippen LogP contribution in [0.1, 0.15) is 38.3 Å². The molecule has 0 aliphatic heterocycles. The molecule has 0 amide bonds. The number of halogens is 1. The molecule has 1 N–H and O–H groups in total. The molecule has 1 aromatic rings. The first kappa shape index (κ1) is 17.4. The highest BCUT2D eigenvalue weighted by Crippen LogP contribution is 2.19. The summed E-state index contributed by atoms with van der Waals surface area (Å²) in [6, 6.07) is 6.47. The number of benzene rings is 1. The van der Waals surface area contributed by atoms with Crippen molar-refractivity contribution in [1.82, 2.24) is 5.32 Å². The molecular formula is C17H26BrNO. The van der Waals surface area contributed by atoms with Crippen LogP contribution >= 0.6 is 15.9 Å². The highest BCUT2D eigenvalue weighted by atomic mass is 79.9. The van der Waals surface area contributed by atoms with Crippen LogP contribution in [-0.4, -0.2) is 13.2 Å². The Morgan fingerprint density at radius 2 is 2.15 bits per heavy atom. The van der Waals surface area contributed by atoms with E-state index >= 15 is 0 Å². The Morgan fingerprint density at radius 1 is 1.40 bits per heavy atom. The maximum absolute atomic E-state index is 5.66. The van der Waals surface area contributed by atoms with E-state index in [4.69, 9.17) is 4.74 Å². The molecule has 0 saturated carbocycles. The second-order valence-electron chi connectivity index (χ2n) is 5.71. The van der Waals surface area contributed by atoms with E-state index in [1.54, 1.807) is 0 Å². The number of nitrogens with one attached hydrogen (secondary N) is 1. The lowest BCUT2D eigenvalue weighted by atomic mass is 10.1. The SMILES string of the molecule is C=C(C)CCOCc1ccc(CNCC(C)C)cc1Br. The lowest BCUT2D eigenvalue weighted by Crippen LogP contribution is -2.18. The van der Waals surface area contributed by atoms with Crippen LogP contribution in [0.15, 0.2) is 34.8 Å². The smallest absolute Gasteiger partial charge is 0.0727 e. The Morgan fingerprint density at radius 3 is 2.75 bits per heavy atom. The number of rotatable bonds is 9. The predicted molar refractivity (Wildman–Crippen MR) is 89.8 cm³/mol. The molecule has 1 rings (SSSR count). The van der Waals surface area contributed by atoms with Gasteiger partial charge in [-0.05, 0) is 43.0 Å². The van der Waals surface area contributed by atoms with Crippen molar-refractivity contribution in [3.63, 3.8) is 0 Å². The monoisotopic (exact) mass is 339 g/mol. The van der Waals surface area contributed by atoms with Crippen molar-refractivity contribution in [3.8, 4) is 0 Å². The van der Waals surface area contributed by atoms with Crippen LogP contribution in [0.2, 0.25) is 0 Å². The average molecular weight is 340 g/mol. The molecule has 0 bridgehead atoms. The fourth-order valence-corrected chi connectivity index (χ4v) is 2.29. The van der Waals surface area contributed by atoms with Gasteiger partial charge in [0.15, 0.2) is 0 Å². The van der Waals surface area contributed by atoms with Crippen LogP contribution in [0, 0.1) is 5.92 Å². The second kappa shape index (κ2) is 9.32. The number of hydrogen-bond donors (Lipinski definition) is 1. The zero-order valence-electron chi connectivity index (χ0n) is 12.8. The fraction of sp³-hybridized carbons (Fsp3) is 0.529. The first-order valence-corrected chi connectivity index (χ1v) is 7.98. The minimum Gasteiger partial charge on any atom is -0.376 e. The normalized spacial score (nSPS) is 11.1. The van der Waals surface area contributed by atoms with Crippen LogP contribution < -0.4 is 5.32 Å². The molecule has 0 aliphatic carbocycles. The zero-order chi connectivity index (χ0) is 15.0.